The van der Waals surface area contributed by atoms with E-state index < -0.39 is 0 Å². The Balaban J connectivity index is 1.58. The molecular formula is C20H26N2O2. The third kappa shape index (κ3) is 4.06. The van der Waals surface area contributed by atoms with Crippen LogP contribution < -0.4 is 10.1 Å². The highest BCUT2D eigenvalue weighted by Gasteiger charge is 2.14. The van der Waals surface area contributed by atoms with Crippen molar-refractivity contribution in [3.05, 3.63) is 42.0 Å². The molecule has 0 aliphatic carbocycles. The van der Waals surface area contributed by atoms with Gasteiger partial charge in [0.05, 0.1) is 12.7 Å². The van der Waals surface area contributed by atoms with Gasteiger partial charge in [0.15, 0.2) is 0 Å². The van der Waals surface area contributed by atoms with Crippen molar-refractivity contribution in [1.29, 1.82) is 0 Å². The van der Waals surface area contributed by atoms with Gasteiger partial charge in [-0.05, 0) is 61.8 Å². The minimum atomic E-state index is -0.0590. The minimum absolute atomic E-state index is 0.0590. The molecular weight excluding hydrogens is 300 g/mol. The van der Waals surface area contributed by atoms with Gasteiger partial charge in [-0.1, -0.05) is 30.7 Å². The van der Waals surface area contributed by atoms with Gasteiger partial charge in [-0.15, -0.1) is 0 Å². The van der Waals surface area contributed by atoms with E-state index in [1.807, 2.05) is 36.4 Å². The summed E-state index contributed by atoms with van der Waals surface area (Å²) in [5, 5.41) is 5.16. The summed E-state index contributed by atoms with van der Waals surface area (Å²) in [6.45, 7) is 4.17. The molecule has 2 aromatic carbocycles. The first-order chi connectivity index (χ1) is 11.8. The van der Waals surface area contributed by atoms with Crippen LogP contribution >= 0.6 is 0 Å². The van der Waals surface area contributed by atoms with Gasteiger partial charge < -0.3 is 15.0 Å². The van der Waals surface area contributed by atoms with Crippen LogP contribution in [0.1, 0.15) is 36.0 Å². The topological polar surface area (TPSA) is 41.6 Å². The van der Waals surface area contributed by atoms with Crippen LogP contribution in [0.5, 0.6) is 5.75 Å². The summed E-state index contributed by atoms with van der Waals surface area (Å²) in [5.74, 6) is 0.568. The minimum Gasteiger partial charge on any atom is -0.496 e. The van der Waals surface area contributed by atoms with Gasteiger partial charge in [0.2, 0.25) is 0 Å². The van der Waals surface area contributed by atoms with Gasteiger partial charge >= 0.3 is 0 Å². The lowest BCUT2D eigenvalue weighted by atomic mass is 10.1. The van der Waals surface area contributed by atoms with Crippen LogP contribution in [0.4, 0.5) is 0 Å². The van der Waals surface area contributed by atoms with Gasteiger partial charge in [0.25, 0.3) is 5.91 Å². The van der Waals surface area contributed by atoms with E-state index in [9.17, 15) is 4.79 Å². The molecule has 1 amide bonds. The molecule has 1 saturated heterocycles. The second kappa shape index (κ2) is 8.15. The number of methoxy groups -OCH3 is 1. The van der Waals surface area contributed by atoms with Gasteiger partial charge in [0.1, 0.15) is 5.75 Å². The molecule has 4 heteroatoms. The molecule has 128 valence electrons. The van der Waals surface area contributed by atoms with Crippen LogP contribution in [0.2, 0.25) is 0 Å². The second-order valence-corrected chi connectivity index (χ2v) is 6.41. The highest BCUT2D eigenvalue weighted by Crippen LogP contribution is 2.25. The van der Waals surface area contributed by atoms with Crippen molar-refractivity contribution in [2.24, 2.45) is 0 Å². The number of nitrogens with one attached hydrogen (secondary N) is 1. The van der Waals surface area contributed by atoms with E-state index in [-0.39, 0.29) is 5.91 Å². The Morgan fingerprint density at radius 3 is 2.54 bits per heavy atom. The molecule has 1 heterocycles. The average molecular weight is 326 g/mol. The van der Waals surface area contributed by atoms with Crippen molar-refractivity contribution < 1.29 is 9.53 Å². The Labute approximate surface area is 143 Å². The summed E-state index contributed by atoms with van der Waals surface area (Å²) in [7, 11) is 1.61. The number of rotatable bonds is 6. The monoisotopic (exact) mass is 326 g/mol. The number of ether oxygens (including phenoxy) is 1. The van der Waals surface area contributed by atoms with Crippen molar-refractivity contribution in [2.75, 3.05) is 33.3 Å². The third-order valence-electron chi connectivity index (χ3n) is 4.70. The first kappa shape index (κ1) is 16.8. The van der Waals surface area contributed by atoms with E-state index in [2.05, 4.69) is 10.2 Å². The zero-order valence-electron chi connectivity index (χ0n) is 14.4. The molecule has 0 bridgehead atoms. The van der Waals surface area contributed by atoms with Crippen molar-refractivity contribution in [3.63, 3.8) is 0 Å². The van der Waals surface area contributed by atoms with Gasteiger partial charge in [-0.25, -0.2) is 0 Å². The Morgan fingerprint density at radius 1 is 1.12 bits per heavy atom. The molecule has 4 nitrogen and oxygen atoms in total. The fourth-order valence-corrected chi connectivity index (χ4v) is 3.35. The van der Waals surface area contributed by atoms with Crippen molar-refractivity contribution in [1.82, 2.24) is 10.2 Å². The van der Waals surface area contributed by atoms with Crippen LogP contribution in [0.25, 0.3) is 10.8 Å². The Morgan fingerprint density at radius 2 is 1.83 bits per heavy atom. The van der Waals surface area contributed by atoms with E-state index in [0.29, 0.717) is 17.9 Å². The highest BCUT2D eigenvalue weighted by atomic mass is 16.5. The fourth-order valence-electron chi connectivity index (χ4n) is 3.35. The van der Waals surface area contributed by atoms with Gasteiger partial charge in [-0.3, -0.25) is 4.79 Å². The van der Waals surface area contributed by atoms with E-state index >= 15 is 0 Å². The third-order valence-corrected chi connectivity index (χ3v) is 4.70. The fraction of sp³-hybridized carbons (Fsp3) is 0.450. The van der Waals surface area contributed by atoms with E-state index in [1.54, 1.807) is 7.11 Å². The average Bonchev–Trinajstić information content (AvgIpc) is 2.64. The summed E-state index contributed by atoms with van der Waals surface area (Å²) < 4.78 is 5.41. The summed E-state index contributed by atoms with van der Waals surface area (Å²) in [5.41, 5.74) is 0.606. The lowest BCUT2D eigenvalue weighted by molar-refractivity contribution is 0.0948. The van der Waals surface area contributed by atoms with Crippen molar-refractivity contribution >= 4 is 16.7 Å². The van der Waals surface area contributed by atoms with Gasteiger partial charge in [0, 0.05) is 6.54 Å². The largest absolute Gasteiger partial charge is 0.496 e. The molecule has 1 N–H and O–H groups in total. The zero-order chi connectivity index (χ0) is 16.8. The lowest BCUT2D eigenvalue weighted by Crippen LogP contribution is -2.33. The SMILES string of the molecule is COc1cc2ccccc2cc1C(=O)NCCCN1CCCCC1. The molecule has 2 aromatic rings. The first-order valence-corrected chi connectivity index (χ1v) is 8.85. The summed E-state index contributed by atoms with van der Waals surface area (Å²) in [4.78, 5) is 15.0. The number of hydrogen-bond donors (Lipinski definition) is 1. The molecule has 0 atom stereocenters. The second-order valence-electron chi connectivity index (χ2n) is 6.41. The lowest BCUT2D eigenvalue weighted by Gasteiger charge is -2.26. The number of hydrogen-bond acceptors (Lipinski definition) is 3. The van der Waals surface area contributed by atoms with Crippen LogP contribution in [0.3, 0.4) is 0 Å². The molecule has 3 rings (SSSR count). The number of likely N-dealkylation sites (tertiary alicyclic amines) is 1. The Bertz CT molecular complexity index is 693. The quantitative estimate of drug-likeness (QED) is 0.827. The van der Waals surface area contributed by atoms with Crippen molar-refractivity contribution in [3.8, 4) is 5.75 Å². The van der Waals surface area contributed by atoms with Crippen LogP contribution in [0.15, 0.2) is 36.4 Å². The number of piperidine rings is 1. The summed E-state index contributed by atoms with van der Waals surface area (Å²) in [6.07, 6.45) is 4.96. The smallest absolute Gasteiger partial charge is 0.255 e. The standard InChI is InChI=1S/C20H26N2O2/c1-24-19-15-17-9-4-3-8-16(17)14-18(19)20(23)21-10-7-13-22-11-5-2-6-12-22/h3-4,8-9,14-15H,2,5-7,10-13H2,1H3,(H,21,23). The predicted octanol–water partition coefficient (Wildman–Crippen LogP) is 3.45. The maximum absolute atomic E-state index is 12.5. The van der Waals surface area contributed by atoms with Crippen LogP contribution in [0, 0.1) is 0 Å². The van der Waals surface area contributed by atoms with Gasteiger partial charge in [-0.2, -0.15) is 0 Å². The Kier molecular flexibility index (Phi) is 5.70. The molecule has 1 fully saturated rings. The molecule has 24 heavy (non-hydrogen) atoms. The number of fused-ring (bicyclic) bond motifs is 1. The number of benzene rings is 2. The van der Waals surface area contributed by atoms with Crippen LogP contribution in [-0.4, -0.2) is 44.1 Å². The molecule has 0 radical (unpaired) electrons. The predicted molar refractivity (Wildman–Crippen MR) is 97.7 cm³/mol. The summed E-state index contributed by atoms with van der Waals surface area (Å²) in [6, 6.07) is 11.9. The number of carbonyl (C=O) groups excluding carboxylic acids is 1. The molecule has 0 aromatic heterocycles. The Hall–Kier alpha value is -2.07. The van der Waals surface area contributed by atoms with E-state index in [0.717, 1.165) is 23.7 Å². The molecule has 0 unspecified atom stereocenters. The zero-order valence-corrected chi connectivity index (χ0v) is 14.4. The highest BCUT2D eigenvalue weighted by molar-refractivity contribution is 6.01. The normalized spacial score (nSPS) is 15.4. The maximum Gasteiger partial charge on any atom is 0.255 e. The van der Waals surface area contributed by atoms with E-state index in [1.165, 1.54) is 32.4 Å². The van der Waals surface area contributed by atoms with E-state index in [4.69, 9.17) is 4.74 Å². The van der Waals surface area contributed by atoms with Crippen molar-refractivity contribution in [2.45, 2.75) is 25.7 Å². The number of nitrogens with zero attached hydrogens (tertiary/aromatic N) is 1. The molecule has 1 aliphatic heterocycles. The molecule has 0 spiro atoms. The maximum atomic E-state index is 12.5. The molecule has 0 saturated carbocycles. The summed E-state index contributed by atoms with van der Waals surface area (Å²) >= 11 is 0. The molecule has 1 aliphatic rings. The number of carbonyl (C=O) groups is 1. The first-order valence-electron chi connectivity index (χ1n) is 8.85. The number of amides is 1. The van der Waals surface area contributed by atoms with Crippen LogP contribution in [-0.2, 0) is 0 Å².